The van der Waals surface area contributed by atoms with Gasteiger partial charge in [0.05, 0.1) is 17.4 Å². The molecule has 212 valence electrons. The highest BCUT2D eigenvalue weighted by molar-refractivity contribution is 6.04. The molecule has 0 saturated heterocycles. The van der Waals surface area contributed by atoms with Gasteiger partial charge in [-0.25, -0.2) is 0 Å². The van der Waals surface area contributed by atoms with Crippen molar-refractivity contribution in [2.45, 2.75) is 39.3 Å². The fourth-order valence-electron chi connectivity index (χ4n) is 6.24. The standard InChI is InChI=1S/C36H36N4O2/c1-23(2)22-31(35(41)38-37-26-12-6-5-7-13-26)40-34(27-14-8-9-15-28(27)36(40)42)32-29-16-10-11-17-30(29)39(4)33(32)25-20-18-24(3)19-21-25/h5-21,23,31,34,37H,22H2,1-4H3,(H,38,41). The minimum absolute atomic E-state index is 0.126. The summed E-state index contributed by atoms with van der Waals surface area (Å²) in [6, 6.07) is 33.0. The van der Waals surface area contributed by atoms with E-state index in [-0.39, 0.29) is 17.7 Å². The Balaban J connectivity index is 1.54. The number of para-hydroxylation sites is 2. The Kier molecular flexibility index (Phi) is 7.29. The largest absolute Gasteiger partial charge is 0.343 e. The number of benzene rings is 4. The van der Waals surface area contributed by atoms with Crippen LogP contribution in [0.4, 0.5) is 5.69 Å². The molecule has 0 bridgehead atoms. The van der Waals surface area contributed by atoms with Crippen molar-refractivity contribution in [1.82, 2.24) is 14.9 Å². The van der Waals surface area contributed by atoms with Crippen LogP contribution in [0, 0.1) is 12.8 Å². The van der Waals surface area contributed by atoms with Gasteiger partial charge in [-0.2, -0.15) is 0 Å². The summed E-state index contributed by atoms with van der Waals surface area (Å²) in [7, 11) is 2.08. The number of nitrogens with zero attached hydrogens (tertiary/aromatic N) is 2. The first kappa shape index (κ1) is 27.3. The van der Waals surface area contributed by atoms with Gasteiger partial charge in [-0.3, -0.25) is 20.4 Å². The Hall–Kier alpha value is -4.84. The molecule has 0 fully saturated rings. The lowest BCUT2D eigenvalue weighted by molar-refractivity contribution is -0.126. The molecule has 5 aromatic rings. The second kappa shape index (κ2) is 11.2. The van der Waals surface area contributed by atoms with Gasteiger partial charge in [0.25, 0.3) is 11.8 Å². The zero-order valence-corrected chi connectivity index (χ0v) is 24.5. The van der Waals surface area contributed by atoms with Crippen LogP contribution < -0.4 is 10.9 Å². The number of hydrogen-bond donors (Lipinski definition) is 2. The molecular weight excluding hydrogens is 520 g/mol. The van der Waals surface area contributed by atoms with Gasteiger partial charge < -0.3 is 9.47 Å². The van der Waals surface area contributed by atoms with Crippen LogP contribution in [-0.4, -0.2) is 27.3 Å². The van der Waals surface area contributed by atoms with E-state index in [9.17, 15) is 9.59 Å². The van der Waals surface area contributed by atoms with E-state index in [1.54, 1.807) is 0 Å². The van der Waals surface area contributed by atoms with E-state index in [4.69, 9.17) is 0 Å². The van der Waals surface area contributed by atoms with Crippen molar-refractivity contribution in [3.63, 3.8) is 0 Å². The predicted octanol–water partition coefficient (Wildman–Crippen LogP) is 7.26. The van der Waals surface area contributed by atoms with Gasteiger partial charge in [0.1, 0.15) is 6.04 Å². The highest BCUT2D eigenvalue weighted by Crippen LogP contribution is 2.47. The predicted molar refractivity (Wildman–Crippen MR) is 169 cm³/mol. The Bertz CT molecular complexity index is 1760. The number of nitrogens with one attached hydrogen (secondary N) is 2. The second-order valence-electron chi connectivity index (χ2n) is 11.5. The number of hydrogen-bond acceptors (Lipinski definition) is 3. The molecule has 6 nitrogen and oxygen atoms in total. The fraction of sp³-hybridized carbons (Fsp3) is 0.222. The van der Waals surface area contributed by atoms with Crippen LogP contribution in [0.5, 0.6) is 0 Å². The lowest BCUT2D eigenvalue weighted by Crippen LogP contribution is -2.50. The molecular formula is C36H36N4O2. The summed E-state index contributed by atoms with van der Waals surface area (Å²) >= 11 is 0. The molecule has 0 saturated carbocycles. The van der Waals surface area contributed by atoms with Crippen LogP contribution in [0.15, 0.2) is 103 Å². The van der Waals surface area contributed by atoms with E-state index in [0.29, 0.717) is 12.0 Å². The van der Waals surface area contributed by atoms with Crippen molar-refractivity contribution in [3.8, 4) is 11.3 Å². The highest BCUT2D eigenvalue weighted by atomic mass is 16.2. The minimum Gasteiger partial charge on any atom is -0.343 e. The fourth-order valence-corrected chi connectivity index (χ4v) is 6.24. The maximum Gasteiger partial charge on any atom is 0.261 e. The number of carbonyl (C=O) groups is 2. The first-order chi connectivity index (χ1) is 20.3. The third kappa shape index (κ3) is 4.83. The zero-order chi connectivity index (χ0) is 29.4. The third-order valence-electron chi connectivity index (χ3n) is 8.18. The average Bonchev–Trinajstić information content (AvgIpc) is 3.46. The summed E-state index contributed by atoms with van der Waals surface area (Å²) in [6.07, 6.45) is 0.517. The van der Waals surface area contributed by atoms with Gasteiger partial charge in [0.2, 0.25) is 0 Å². The number of aryl methyl sites for hydroxylation is 2. The average molecular weight is 557 g/mol. The van der Waals surface area contributed by atoms with Gasteiger partial charge in [0.15, 0.2) is 0 Å². The number of amides is 2. The molecule has 42 heavy (non-hydrogen) atoms. The van der Waals surface area contributed by atoms with Gasteiger partial charge in [0, 0.05) is 29.1 Å². The summed E-state index contributed by atoms with van der Waals surface area (Å²) in [5.74, 6) is -0.187. The Morgan fingerprint density at radius 3 is 2.26 bits per heavy atom. The summed E-state index contributed by atoms with van der Waals surface area (Å²) in [5, 5.41) is 1.07. The van der Waals surface area contributed by atoms with E-state index < -0.39 is 12.1 Å². The number of aromatic nitrogens is 1. The van der Waals surface area contributed by atoms with Gasteiger partial charge in [-0.15, -0.1) is 0 Å². The normalized spacial score (nSPS) is 15.2. The molecule has 6 heteroatoms. The first-order valence-electron chi connectivity index (χ1n) is 14.5. The number of anilines is 1. The molecule has 2 unspecified atom stereocenters. The number of fused-ring (bicyclic) bond motifs is 2. The van der Waals surface area contributed by atoms with Crippen LogP contribution in [0.1, 0.15) is 53.4 Å². The smallest absolute Gasteiger partial charge is 0.261 e. The van der Waals surface area contributed by atoms with Crippen molar-refractivity contribution in [1.29, 1.82) is 0 Å². The Morgan fingerprint density at radius 2 is 1.52 bits per heavy atom. The van der Waals surface area contributed by atoms with Crippen molar-refractivity contribution in [3.05, 3.63) is 125 Å². The summed E-state index contributed by atoms with van der Waals surface area (Å²) in [6.45, 7) is 6.25. The van der Waals surface area contributed by atoms with E-state index in [0.717, 1.165) is 39.0 Å². The number of rotatable bonds is 8. The van der Waals surface area contributed by atoms with Crippen LogP contribution in [0.3, 0.4) is 0 Å². The second-order valence-corrected chi connectivity index (χ2v) is 11.5. The molecule has 0 radical (unpaired) electrons. The van der Waals surface area contributed by atoms with Crippen LogP contribution >= 0.6 is 0 Å². The lowest BCUT2D eigenvalue weighted by Gasteiger charge is -2.34. The summed E-state index contributed by atoms with van der Waals surface area (Å²) in [4.78, 5) is 30.2. The molecule has 1 aliphatic rings. The van der Waals surface area contributed by atoms with E-state index in [1.807, 2.05) is 71.6 Å². The maximum atomic E-state index is 14.3. The molecule has 2 amide bonds. The van der Waals surface area contributed by atoms with Gasteiger partial charge in [-0.1, -0.05) is 98.3 Å². The Morgan fingerprint density at radius 1 is 0.857 bits per heavy atom. The molecule has 1 aliphatic heterocycles. The topological polar surface area (TPSA) is 66.4 Å². The van der Waals surface area contributed by atoms with E-state index in [2.05, 4.69) is 79.6 Å². The van der Waals surface area contributed by atoms with Crippen molar-refractivity contribution >= 4 is 28.4 Å². The molecule has 0 spiro atoms. The Labute approximate surface area is 246 Å². The molecule has 0 aliphatic carbocycles. The number of carbonyl (C=O) groups excluding carboxylic acids is 2. The highest BCUT2D eigenvalue weighted by Gasteiger charge is 2.46. The monoisotopic (exact) mass is 556 g/mol. The van der Waals surface area contributed by atoms with Crippen molar-refractivity contribution < 1.29 is 9.59 Å². The molecule has 2 heterocycles. The quantitative estimate of drug-likeness (QED) is 0.198. The van der Waals surface area contributed by atoms with E-state index in [1.165, 1.54) is 5.56 Å². The van der Waals surface area contributed by atoms with Gasteiger partial charge >= 0.3 is 0 Å². The SMILES string of the molecule is Cc1ccc(-c2c(C3c4ccccc4C(=O)N3C(CC(C)C)C(=O)NNc3ccccc3)c3ccccc3n2C)cc1. The van der Waals surface area contributed by atoms with Crippen LogP contribution in [0.25, 0.3) is 22.2 Å². The zero-order valence-electron chi connectivity index (χ0n) is 24.5. The first-order valence-corrected chi connectivity index (χ1v) is 14.5. The molecule has 2 atom stereocenters. The molecule has 1 aromatic heterocycles. The molecule has 4 aromatic carbocycles. The van der Waals surface area contributed by atoms with Crippen molar-refractivity contribution in [2.24, 2.45) is 13.0 Å². The number of hydrazine groups is 1. The van der Waals surface area contributed by atoms with Crippen LogP contribution in [0.2, 0.25) is 0 Å². The summed E-state index contributed by atoms with van der Waals surface area (Å²) < 4.78 is 2.22. The van der Waals surface area contributed by atoms with Crippen molar-refractivity contribution in [2.75, 3.05) is 5.43 Å². The third-order valence-corrected chi connectivity index (χ3v) is 8.18. The molecule has 6 rings (SSSR count). The maximum absolute atomic E-state index is 14.3. The molecule has 2 N–H and O–H groups in total. The lowest BCUT2D eigenvalue weighted by atomic mass is 9.91. The minimum atomic E-state index is -0.698. The summed E-state index contributed by atoms with van der Waals surface area (Å²) in [5.41, 5.74) is 13.7. The van der Waals surface area contributed by atoms with Gasteiger partial charge in [-0.05, 0) is 54.7 Å². The van der Waals surface area contributed by atoms with E-state index >= 15 is 0 Å². The van der Waals surface area contributed by atoms with Crippen LogP contribution in [-0.2, 0) is 11.8 Å².